The molecular weight excluding hydrogens is 342 g/mol. The summed E-state index contributed by atoms with van der Waals surface area (Å²) in [6.45, 7) is 2.93. The van der Waals surface area contributed by atoms with Crippen LogP contribution in [0.4, 0.5) is 5.69 Å². The first kappa shape index (κ1) is 17.5. The Hall–Kier alpha value is -2.35. The number of carbonyl (C=O) groups is 1. The van der Waals surface area contributed by atoms with Crippen LogP contribution in [0.3, 0.4) is 0 Å². The van der Waals surface area contributed by atoms with Crippen molar-refractivity contribution in [1.29, 1.82) is 0 Å². The zero-order chi connectivity index (χ0) is 17.9. The fourth-order valence-corrected chi connectivity index (χ4v) is 4.80. The Morgan fingerprint density at radius 1 is 1.44 bits per heavy atom. The molecule has 134 valence electrons. The molecule has 3 rings (SSSR count). The van der Waals surface area contributed by atoms with E-state index in [1.165, 1.54) is 0 Å². The Morgan fingerprint density at radius 2 is 2.28 bits per heavy atom. The molecule has 1 aliphatic heterocycles. The molecule has 1 amide bonds. The van der Waals surface area contributed by atoms with Gasteiger partial charge < -0.3 is 14.6 Å². The molecule has 1 fully saturated rings. The predicted molar refractivity (Wildman–Crippen MR) is 94.2 cm³/mol. The lowest BCUT2D eigenvalue weighted by molar-refractivity contribution is 0.0943. The number of hydrogen-bond acceptors (Lipinski definition) is 6. The highest BCUT2D eigenvalue weighted by molar-refractivity contribution is 7.91. The second-order valence-electron chi connectivity index (χ2n) is 6.00. The van der Waals surface area contributed by atoms with Crippen molar-refractivity contribution in [2.24, 2.45) is 0 Å². The van der Waals surface area contributed by atoms with Gasteiger partial charge in [0.25, 0.3) is 5.91 Å². The van der Waals surface area contributed by atoms with E-state index in [0.29, 0.717) is 24.4 Å². The first-order chi connectivity index (χ1) is 12.0. The summed E-state index contributed by atoms with van der Waals surface area (Å²) in [6.07, 6.45) is 3.73. The molecule has 0 radical (unpaired) electrons. The second-order valence-corrected chi connectivity index (χ2v) is 8.23. The summed E-state index contributed by atoms with van der Waals surface area (Å²) in [5, 5.41) is 2.76. The Balaban J connectivity index is 1.72. The molecule has 0 bridgehead atoms. The van der Waals surface area contributed by atoms with Crippen LogP contribution < -0.4 is 10.2 Å². The van der Waals surface area contributed by atoms with Crippen molar-refractivity contribution in [3.63, 3.8) is 0 Å². The van der Waals surface area contributed by atoms with Gasteiger partial charge in [-0.1, -0.05) is 0 Å². The predicted octanol–water partition coefficient (Wildman–Crippen LogP) is 1.62. The van der Waals surface area contributed by atoms with Crippen LogP contribution in [-0.4, -0.2) is 43.4 Å². The van der Waals surface area contributed by atoms with Gasteiger partial charge in [-0.3, -0.25) is 9.78 Å². The van der Waals surface area contributed by atoms with E-state index < -0.39 is 9.84 Å². The highest BCUT2D eigenvalue weighted by atomic mass is 32.2. The lowest BCUT2D eigenvalue weighted by atomic mass is 10.2. The van der Waals surface area contributed by atoms with Crippen LogP contribution >= 0.6 is 0 Å². The molecule has 1 unspecified atom stereocenters. The molecule has 1 saturated heterocycles. The summed E-state index contributed by atoms with van der Waals surface area (Å²) in [7, 11) is -2.97. The fourth-order valence-electron chi connectivity index (χ4n) is 3.07. The second kappa shape index (κ2) is 7.26. The summed E-state index contributed by atoms with van der Waals surface area (Å²) in [6, 6.07) is 6.99. The number of aromatic nitrogens is 1. The van der Waals surface area contributed by atoms with E-state index in [9.17, 15) is 13.2 Å². The number of nitrogens with one attached hydrogen (secondary N) is 1. The first-order valence-corrected chi connectivity index (χ1v) is 10.0. The number of carbonyl (C=O) groups excluding carboxylic acids is 1. The van der Waals surface area contributed by atoms with Crippen LogP contribution in [0.5, 0.6) is 0 Å². The Morgan fingerprint density at radius 3 is 2.92 bits per heavy atom. The maximum absolute atomic E-state index is 12.3. The first-order valence-electron chi connectivity index (χ1n) is 8.22. The smallest absolute Gasteiger partial charge is 0.270 e. The van der Waals surface area contributed by atoms with Gasteiger partial charge in [0.15, 0.2) is 9.84 Å². The van der Waals surface area contributed by atoms with E-state index in [2.05, 4.69) is 10.3 Å². The minimum atomic E-state index is -2.97. The average molecular weight is 363 g/mol. The van der Waals surface area contributed by atoms with E-state index in [0.717, 1.165) is 5.69 Å². The largest absolute Gasteiger partial charge is 0.467 e. The normalized spacial score (nSPS) is 18.8. The number of rotatable bonds is 6. The zero-order valence-electron chi connectivity index (χ0n) is 14.0. The van der Waals surface area contributed by atoms with Gasteiger partial charge in [0.2, 0.25) is 0 Å². The Bertz CT molecular complexity index is 833. The van der Waals surface area contributed by atoms with E-state index in [1.807, 2.05) is 11.8 Å². The molecule has 0 spiro atoms. The van der Waals surface area contributed by atoms with Gasteiger partial charge in [-0.15, -0.1) is 0 Å². The van der Waals surface area contributed by atoms with Crippen LogP contribution in [0, 0.1) is 0 Å². The maximum Gasteiger partial charge on any atom is 0.270 e. The van der Waals surface area contributed by atoms with E-state index in [1.54, 1.807) is 36.7 Å². The molecule has 1 N–H and O–H groups in total. The molecular formula is C17H21N3O4S. The zero-order valence-corrected chi connectivity index (χ0v) is 14.8. The van der Waals surface area contributed by atoms with Crippen LogP contribution in [0.1, 0.15) is 29.6 Å². The standard InChI is InChI=1S/C17H21N3O4S/c1-2-20(14-6-9-25(22,23)12-14)13-5-7-18-16(10-13)17(21)19-11-15-4-3-8-24-15/h3-5,7-8,10,14H,2,6,9,11-12H2,1H3,(H,19,21). The third-order valence-electron chi connectivity index (χ3n) is 4.30. The summed E-state index contributed by atoms with van der Waals surface area (Å²) in [4.78, 5) is 18.4. The lowest BCUT2D eigenvalue weighted by Gasteiger charge is -2.29. The molecule has 25 heavy (non-hydrogen) atoms. The van der Waals surface area contributed by atoms with Crippen molar-refractivity contribution in [3.8, 4) is 0 Å². The van der Waals surface area contributed by atoms with Gasteiger partial charge in [-0.25, -0.2) is 8.42 Å². The Labute approximate surface area is 147 Å². The molecule has 2 aromatic rings. The van der Waals surface area contributed by atoms with E-state index in [4.69, 9.17) is 4.42 Å². The highest BCUT2D eigenvalue weighted by Crippen LogP contribution is 2.24. The number of furan rings is 1. The molecule has 2 aromatic heterocycles. The van der Waals surface area contributed by atoms with Gasteiger partial charge in [0.1, 0.15) is 11.5 Å². The van der Waals surface area contributed by atoms with E-state index >= 15 is 0 Å². The molecule has 0 saturated carbocycles. The van der Waals surface area contributed by atoms with Gasteiger partial charge >= 0.3 is 0 Å². The molecule has 1 aliphatic rings. The minimum Gasteiger partial charge on any atom is -0.467 e. The number of nitrogens with zero attached hydrogens (tertiary/aromatic N) is 2. The molecule has 1 atom stereocenters. The quantitative estimate of drug-likeness (QED) is 0.838. The third-order valence-corrected chi connectivity index (χ3v) is 6.05. The minimum absolute atomic E-state index is 0.0589. The lowest BCUT2D eigenvalue weighted by Crippen LogP contribution is -2.36. The molecule has 8 heteroatoms. The topological polar surface area (TPSA) is 92.5 Å². The summed E-state index contributed by atoms with van der Waals surface area (Å²) >= 11 is 0. The van der Waals surface area contributed by atoms with Crippen molar-refractivity contribution < 1.29 is 17.6 Å². The van der Waals surface area contributed by atoms with Gasteiger partial charge in [0.05, 0.1) is 24.3 Å². The number of anilines is 1. The van der Waals surface area contributed by atoms with Crippen molar-refractivity contribution >= 4 is 21.4 Å². The number of hydrogen-bond donors (Lipinski definition) is 1. The molecule has 7 nitrogen and oxygen atoms in total. The van der Waals surface area contributed by atoms with Crippen molar-refractivity contribution in [3.05, 3.63) is 48.2 Å². The van der Waals surface area contributed by atoms with Crippen molar-refractivity contribution in [1.82, 2.24) is 10.3 Å². The Kier molecular flexibility index (Phi) is 5.08. The number of sulfone groups is 1. The molecule has 3 heterocycles. The fraction of sp³-hybridized carbons (Fsp3) is 0.412. The summed E-state index contributed by atoms with van der Waals surface area (Å²) < 4.78 is 28.7. The maximum atomic E-state index is 12.3. The molecule has 0 aromatic carbocycles. The van der Waals surface area contributed by atoms with Crippen molar-refractivity contribution in [2.45, 2.75) is 25.9 Å². The average Bonchev–Trinajstić information content (AvgIpc) is 3.23. The highest BCUT2D eigenvalue weighted by Gasteiger charge is 2.32. The SMILES string of the molecule is CCN(c1ccnc(C(=O)NCc2ccco2)c1)C1CCS(=O)(=O)C1. The van der Waals surface area contributed by atoms with Crippen LogP contribution in [0.15, 0.2) is 41.1 Å². The third kappa shape index (κ3) is 4.19. The van der Waals surface area contributed by atoms with Crippen LogP contribution in [0.25, 0.3) is 0 Å². The van der Waals surface area contributed by atoms with Crippen LogP contribution in [-0.2, 0) is 16.4 Å². The van der Waals surface area contributed by atoms with Gasteiger partial charge in [-0.2, -0.15) is 0 Å². The van der Waals surface area contributed by atoms with Gasteiger partial charge in [-0.05, 0) is 37.6 Å². The van der Waals surface area contributed by atoms with Crippen molar-refractivity contribution in [2.75, 3.05) is 23.0 Å². The van der Waals surface area contributed by atoms with E-state index in [-0.39, 0.29) is 30.0 Å². The summed E-state index contributed by atoms with van der Waals surface area (Å²) in [5.74, 6) is 0.739. The number of amides is 1. The van der Waals surface area contributed by atoms with Gasteiger partial charge in [0, 0.05) is 24.5 Å². The molecule has 0 aliphatic carbocycles. The monoisotopic (exact) mass is 363 g/mol. The van der Waals surface area contributed by atoms with Crippen LogP contribution in [0.2, 0.25) is 0 Å². The summed E-state index contributed by atoms with van der Waals surface area (Å²) in [5.41, 5.74) is 1.10. The number of pyridine rings is 1.